The van der Waals surface area contributed by atoms with Crippen LogP contribution in [0.3, 0.4) is 0 Å². The molecule has 0 aliphatic carbocycles. The minimum Gasteiger partial charge on any atom is -0.443 e. The van der Waals surface area contributed by atoms with Crippen molar-refractivity contribution in [2.75, 3.05) is 6.61 Å². The van der Waals surface area contributed by atoms with Crippen LogP contribution in [0.5, 0.6) is 0 Å². The molecular formula is C17H18F2N4O3. The number of nitrogens with zero attached hydrogens (tertiary/aromatic N) is 2. The van der Waals surface area contributed by atoms with Crippen molar-refractivity contribution in [3.8, 4) is 0 Å². The number of fused-ring (bicyclic) bond motifs is 1. The van der Waals surface area contributed by atoms with Crippen LogP contribution in [0, 0.1) is 11.6 Å². The number of nitrogens with one attached hydrogen (secondary N) is 1. The average molecular weight is 364 g/mol. The van der Waals surface area contributed by atoms with Gasteiger partial charge in [0.25, 0.3) is 0 Å². The van der Waals surface area contributed by atoms with Crippen LogP contribution in [0.4, 0.5) is 13.6 Å². The molecule has 1 fully saturated rings. The fraction of sp³-hybridized carbons (Fsp3) is 0.412. The molecule has 138 valence electrons. The monoisotopic (exact) mass is 364 g/mol. The molecule has 26 heavy (non-hydrogen) atoms. The van der Waals surface area contributed by atoms with Gasteiger partial charge in [-0.25, -0.2) is 13.6 Å². The zero-order valence-corrected chi connectivity index (χ0v) is 13.8. The van der Waals surface area contributed by atoms with Gasteiger partial charge in [-0.15, -0.1) is 0 Å². The van der Waals surface area contributed by atoms with Crippen molar-refractivity contribution in [1.82, 2.24) is 15.1 Å². The van der Waals surface area contributed by atoms with Crippen molar-refractivity contribution in [1.29, 1.82) is 0 Å². The number of rotatable bonds is 3. The van der Waals surface area contributed by atoms with E-state index in [9.17, 15) is 13.6 Å². The normalized spacial score (nSPS) is 25.8. The maximum atomic E-state index is 14.2. The van der Waals surface area contributed by atoms with Gasteiger partial charge in [-0.1, -0.05) is 0 Å². The quantitative estimate of drug-likeness (QED) is 0.869. The first-order chi connectivity index (χ1) is 12.5. The lowest BCUT2D eigenvalue weighted by Gasteiger charge is -2.39. The van der Waals surface area contributed by atoms with Crippen LogP contribution in [-0.4, -0.2) is 39.9 Å². The summed E-state index contributed by atoms with van der Waals surface area (Å²) >= 11 is 0. The number of benzene rings is 1. The molecule has 7 nitrogen and oxygen atoms in total. The summed E-state index contributed by atoms with van der Waals surface area (Å²) in [4.78, 5) is 13.5. The smallest absolute Gasteiger partial charge is 0.404 e. The van der Waals surface area contributed by atoms with E-state index in [4.69, 9.17) is 15.2 Å². The first kappa shape index (κ1) is 16.9. The number of amides is 1. The lowest BCUT2D eigenvalue weighted by atomic mass is 9.94. The molecule has 0 spiro atoms. The number of aromatic amines is 1. The highest BCUT2D eigenvalue weighted by Gasteiger charge is 2.40. The summed E-state index contributed by atoms with van der Waals surface area (Å²) in [7, 11) is 0. The molecule has 3 atom stereocenters. The van der Waals surface area contributed by atoms with E-state index in [-0.39, 0.29) is 11.6 Å². The highest BCUT2D eigenvalue weighted by atomic mass is 19.1. The van der Waals surface area contributed by atoms with Gasteiger partial charge in [0, 0.05) is 36.7 Å². The number of carbonyl (C=O) groups is 1. The van der Waals surface area contributed by atoms with E-state index in [0.29, 0.717) is 26.1 Å². The summed E-state index contributed by atoms with van der Waals surface area (Å²) in [6, 6.07) is 3.07. The summed E-state index contributed by atoms with van der Waals surface area (Å²) in [5, 5.41) is 6.95. The Hall–Kier alpha value is -2.52. The number of aromatic nitrogens is 2. The lowest BCUT2D eigenvalue weighted by Crippen LogP contribution is -2.46. The standard InChI is InChI=1S/C17H18F2N4O3/c18-10-1-2-13(19)12(3-10)16-15(26-17(20)24)4-11(8-25-16)23-6-9-5-21-22-14(9)7-23/h1-3,5,11,15-16H,4,6-8H2,(H2,20,24)(H,21,22). The molecule has 1 amide bonds. The minimum absolute atomic E-state index is 0.0190. The van der Waals surface area contributed by atoms with Gasteiger partial charge < -0.3 is 15.2 Å². The predicted octanol–water partition coefficient (Wildman–Crippen LogP) is 2.00. The topological polar surface area (TPSA) is 93.5 Å². The molecule has 0 radical (unpaired) electrons. The van der Waals surface area contributed by atoms with Gasteiger partial charge in [0.05, 0.1) is 18.5 Å². The van der Waals surface area contributed by atoms with Crippen LogP contribution < -0.4 is 5.73 Å². The summed E-state index contributed by atoms with van der Waals surface area (Å²) in [5.41, 5.74) is 7.34. The fourth-order valence-electron chi connectivity index (χ4n) is 3.67. The van der Waals surface area contributed by atoms with Gasteiger partial charge in [-0.05, 0) is 18.2 Å². The van der Waals surface area contributed by atoms with Gasteiger partial charge in [0.2, 0.25) is 0 Å². The van der Waals surface area contributed by atoms with E-state index in [1.165, 1.54) is 0 Å². The predicted molar refractivity (Wildman–Crippen MR) is 85.7 cm³/mol. The second-order valence-corrected chi connectivity index (χ2v) is 6.56. The molecule has 1 aromatic carbocycles. The third-order valence-corrected chi connectivity index (χ3v) is 4.90. The van der Waals surface area contributed by atoms with Crippen LogP contribution in [0.1, 0.15) is 29.3 Å². The average Bonchev–Trinajstić information content (AvgIpc) is 3.18. The van der Waals surface area contributed by atoms with Crippen molar-refractivity contribution in [3.63, 3.8) is 0 Å². The number of carbonyl (C=O) groups excluding carboxylic acids is 1. The number of H-pyrrole nitrogens is 1. The highest BCUT2D eigenvalue weighted by molar-refractivity contribution is 5.65. The number of nitrogens with two attached hydrogens (primary N) is 1. The van der Waals surface area contributed by atoms with Crippen LogP contribution in [0.25, 0.3) is 0 Å². The lowest BCUT2D eigenvalue weighted by molar-refractivity contribution is -0.114. The molecule has 3 unspecified atom stereocenters. The largest absolute Gasteiger partial charge is 0.443 e. The van der Waals surface area contributed by atoms with Crippen LogP contribution in [0.15, 0.2) is 24.4 Å². The number of hydrogen-bond acceptors (Lipinski definition) is 5. The van der Waals surface area contributed by atoms with Crippen molar-refractivity contribution >= 4 is 6.09 Å². The first-order valence-corrected chi connectivity index (χ1v) is 8.29. The van der Waals surface area contributed by atoms with Gasteiger partial charge in [-0.2, -0.15) is 5.10 Å². The van der Waals surface area contributed by atoms with Crippen molar-refractivity contribution < 1.29 is 23.0 Å². The first-order valence-electron chi connectivity index (χ1n) is 8.29. The zero-order chi connectivity index (χ0) is 18.3. The Balaban J connectivity index is 1.54. The van der Waals surface area contributed by atoms with E-state index in [1.807, 2.05) is 0 Å². The third kappa shape index (κ3) is 3.15. The van der Waals surface area contributed by atoms with E-state index in [1.54, 1.807) is 6.20 Å². The van der Waals surface area contributed by atoms with Crippen molar-refractivity contribution in [2.45, 2.75) is 37.8 Å². The van der Waals surface area contributed by atoms with Crippen molar-refractivity contribution in [3.05, 3.63) is 52.9 Å². The van der Waals surface area contributed by atoms with E-state index < -0.39 is 29.9 Å². The Labute approximate surface area is 148 Å². The summed E-state index contributed by atoms with van der Waals surface area (Å²) < 4.78 is 38.7. The van der Waals surface area contributed by atoms with Crippen LogP contribution in [-0.2, 0) is 22.6 Å². The van der Waals surface area contributed by atoms with E-state index >= 15 is 0 Å². The molecule has 2 aromatic rings. The number of ether oxygens (including phenoxy) is 2. The molecule has 2 aliphatic rings. The third-order valence-electron chi connectivity index (χ3n) is 4.90. The SMILES string of the molecule is NC(=O)OC1CC(N2Cc3cn[nH]c3C2)COC1c1cc(F)ccc1F. The Morgan fingerprint density at radius 3 is 3.00 bits per heavy atom. The van der Waals surface area contributed by atoms with E-state index in [2.05, 4.69) is 15.1 Å². The summed E-state index contributed by atoms with van der Waals surface area (Å²) in [5.74, 6) is -1.20. The molecule has 9 heteroatoms. The van der Waals surface area contributed by atoms with Gasteiger partial charge in [0.1, 0.15) is 23.8 Å². The van der Waals surface area contributed by atoms with Crippen LogP contribution in [0.2, 0.25) is 0 Å². The maximum Gasteiger partial charge on any atom is 0.404 e. The summed E-state index contributed by atoms with van der Waals surface area (Å²) in [6.45, 7) is 1.67. The summed E-state index contributed by atoms with van der Waals surface area (Å²) in [6.07, 6.45) is -0.504. The minimum atomic E-state index is -0.975. The van der Waals surface area contributed by atoms with Gasteiger partial charge in [-0.3, -0.25) is 10.00 Å². The number of halogens is 2. The zero-order valence-electron chi connectivity index (χ0n) is 13.8. The molecule has 1 aromatic heterocycles. The molecule has 3 N–H and O–H groups in total. The van der Waals surface area contributed by atoms with Crippen molar-refractivity contribution in [2.24, 2.45) is 5.73 Å². The molecule has 0 bridgehead atoms. The molecule has 0 saturated carbocycles. The van der Waals surface area contributed by atoms with Crippen LogP contribution >= 0.6 is 0 Å². The van der Waals surface area contributed by atoms with Gasteiger partial charge in [0.15, 0.2) is 0 Å². The highest BCUT2D eigenvalue weighted by Crippen LogP contribution is 2.36. The second kappa shape index (κ2) is 6.65. The van der Waals surface area contributed by atoms with E-state index in [0.717, 1.165) is 29.5 Å². The maximum absolute atomic E-state index is 14.2. The van der Waals surface area contributed by atoms with Gasteiger partial charge >= 0.3 is 6.09 Å². The molecule has 4 rings (SSSR count). The molecule has 3 heterocycles. The Morgan fingerprint density at radius 2 is 2.23 bits per heavy atom. The Morgan fingerprint density at radius 1 is 1.38 bits per heavy atom. The molecular weight excluding hydrogens is 346 g/mol. The molecule has 1 saturated heterocycles. The number of hydrogen-bond donors (Lipinski definition) is 2. The number of primary amides is 1. The second-order valence-electron chi connectivity index (χ2n) is 6.56. The fourth-order valence-corrected chi connectivity index (χ4v) is 3.67. The Kier molecular flexibility index (Phi) is 4.33. The molecule has 2 aliphatic heterocycles. The Bertz CT molecular complexity index is 808.